The highest BCUT2D eigenvalue weighted by atomic mass is 16.5. The molecular weight excluding hydrogens is 156 g/mol. The van der Waals surface area contributed by atoms with Gasteiger partial charge in [-0.15, -0.1) is 0 Å². The van der Waals surface area contributed by atoms with Crippen molar-refractivity contribution >= 4 is 0 Å². The first-order valence-electron chi connectivity index (χ1n) is 3.86. The van der Waals surface area contributed by atoms with E-state index in [2.05, 4.69) is 4.99 Å². The molecule has 1 aromatic heterocycles. The van der Waals surface area contributed by atoms with Crippen molar-refractivity contribution in [1.82, 2.24) is 4.73 Å². The van der Waals surface area contributed by atoms with Gasteiger partial charge in [0, 0.05) is 12.7 Å². The zero-order valence-corrected chi connectivity index (χ0v) is 6.94. The lowest BCUT2D eigenvalue weighted by Crippen LogP contribution is -2.18. The zero-order chi connectivity index (χ0) is 8.97. The van der Waals surface area contributed by atoms with E-state index in [9.17, 15) is 10.3 Å². The van der Waals surface area contributed by atoms with Crippen molar-refractivity contribution in [2.24, 2.45) is 4.99 Å². The monoisotopic (exact) mass is 168 g/mol. The third-order valence-corrected chi connectivity index (χ3v) is 1.41. The van der Waals surface area contributed by atoms with Gasteiger partial charge >= 0.3 is 0 Å². The number of rotatable bonds is 2. The standard InChI is InChI=1S/C8H12N2O2/c1-2-5-9-8-7(11)4-3-6-10(8)12/h3-4,6,11-12H,2,5H2,1H3. The third-order valence-electron chi connectivity index (χ3n) is 1.41. The van der Waals surface area contributed by atoms with Gasteiger partial charge in [0.25, 0.3) is 0 Å². The first-order chi connectivity index (χ1) is 5.75. The molecule has 0 radical (unpaired) electrons. The summed E-state index contributed by atoms with van der Waals surface area (Å²) in [5.74, 6) is -0.00606. The first-order valence-corrected chi connectivity index (χ1v) is 3.86. The van der Waals surface area contributed by atoms with Crippen molar-refractivity contribution in [2.75, 3.05) is 6.54 Å². The number of hydrogen-bond acceptors (Lipinski definition) is 3. The molecule has 12 heavy (non-hydrogen) atoms. The van der Waals surface area contributed by atoms with Crippen LogP contribution in [0.3, 0.4) is 0 Å². The summed E-state index contributed by atoms with van der Waals surface area (Å²) >= 11 is 0. The fraction of sp³-hybridized carbons (Fsp3) is 0.375. The Morgan fingerprint density at radius 2 is 2.33 bits per heavy atom. The molecule has 0 spiro atoms. The molecule has 0 atom stereocenters. The molecule has 0 amide bonds. The summed E-state index contributed by atoms with van der Waals surface area (Å²) in [7, 11) is 0. The molecule has 0 saturated carbocycles. The van der Waals surface area contributed by atoms with Gasteiger partial charge in [0.2, 0.25) is 5.49 Å². The summed E-state index contributed by atoms with van der Waals surface area (Å²) in [5, 5.41) is 18.4. The number of pyridine rings is 1. The normalized spacial score (nSPS) is 11.9. The predicted molar refractivity (Wildman–Crippen MR) is 44.0 cm³/mol. The molecule has 0 aliphatic carbocycles. The average molecular weight is 168 g/mol. The highest BCUT2D eigenvalue weighted by Gasteiger charge is 1.94. The van der Waals surface area contributed by atoms with Crippen molar-refractivity contribution in [1.29, 1.82) is 0 Å². The van der Waals surface area contributed by atoms with Crippen LogP contribution >= 0.6 is 0 Å². The van der Waals surface area contributed by atoms with E-state index in [-0.39, 0.29) is 11.2 Å². The van der Waals surface area contributed by atoms with E-state index >= 15 is 0 Å². The third kappa shape index (κ3) is 1.78. The SMILES string of the molecule is CCCN=c1c(O)cccn1O. The predicted octanol–water partition coefficient (Wildman–Crippen LogP) is 0.742. The van der Waals surface area contributed by atoms with Crippen molar-refractivity contribution in [3.05, 3.63) is 23.8 Å². The second-order valence-electron chi connectivity index (χ2n) is 2.44. The Balaban J connectivity index is 3.12. The molecule has 0 aliphatic heterocycles. The fourth-order valence-electron chi connectivity index (χ4n) is 0.849. The molecule has 0 fully saturated rings. The Hall–Kier alpha value is -1.45. The minimum absolute atomic E-state index is 0.00606. The summed E-state index contributed by atoms with van der Waals surface area (Å²) in [5.41, 5.74) is 0.208. The number of aromatic nitrogens is 1. The average Bonchev–Trinajstić information content (AvgIpc) is 2.04. The molecule has 1 rings (SSSR count). The van der Waals surface area contributed by atoms with E-state index in [1.807, 2.05) is 6.92 Å². The quantitative estimate of drug-likeness (QED) is 0.640. The van der Waals surface area contributed by atoms with Crippen LogP contribution in [0.4, 0.5) is 0 Å². The summed E-state index contributed by atoms with van der Waals surface area (Å²) in [6, 6.07) is 3.03. The van der Waals surface area contributed by atoms with Crippen LogP contribution in [0.1, 0.15) is 13.3 Å². The number of nitrogens with zero attached hydrogens (tertiary/aromatic N) is 2. The molecule has 4 heteroatoms. The smallest absolute Gasteiger partial charge is 0.205 e. The summed E-state index contributed by atoms with van der Waals surface area (Å²) < 4.78 is 0.811. The van der Waals surface area contributed by atoms with Crippen molar-refractivity contribution in [3.8, 4) is 5.75 Å². The van der Waals surface area contributed by atoms with Gasteiger partial charge in [-0.25, -0.2) is 0 Å². The van der Waals surface area contributed by atoms with Crippen molar-refractivity contribution < 1.29 is 10.3 Å². The molecule has 0 saturated heterocycles. The second kappa shape index (κ2) is 3.80. The Labute approximate surface area is 70.4 Å². The molecule has 0 unspecified atom stereocenters. The molecule has 1 aromatic rings. The van der Waals surface area contributed by atoms with Gasteiger partial charge in [-0.05, 0) is 18.6 Å². The minimum atomic E-state index is -0.00606. The van der Waals surface area contributed by atoms with Gasteiger partial charge in [0.1, 0.15) is 0 Å². The maximum Gasteiger partial charge on any atom is 0.205 e. The van der Waals surface area contributed by atoms with Gasteiger partial charge in [0.05, 0.1) is 0 Å². The van der Waals surface area contributed by atoms with E-state index in [1.54, 1.807) is 6.07 Å². The van der Waals surface area contributed by atoms with Crippen LogP contribution in [-0.4, -0.2) is 21.6 Å². The van der Waals surface area contributed by atoms with Crippen LogP contribution in [0.15, 0.2) is 23.3 Å². The summed E-state index contributed by atoms with van der Waals surface area (Å²) in [6.07, 6.45) is 2.31. The van der Waals surface area contributed by atoms with E-state index < -0.39 is 0 Å². The minimum Gasteiger partial charge on any atom is -0.504 e. The van der Waals surface area contributed by atoms with E-state index in [0.717, 1.165) is 11.2 Å². The van der Waals surface area contributed by atoms with Gasteiger partial charge in [0.15, 0.2) is 5.75 Å². The van der Waals surface area contributed by atoms with Crippen LogP contribution in [0.2, 0.25) is 0 Å². The fourth-order valence-corrected chi connectivity index (χ4v) is 0.849. The molecule has 0 bridgehead atoms. The van der Waals surface area contributed by atoms with Crippen LogP contribution in [0.5, 0.6) is 5.75 Å². The van der Waals surface area contributed by atoms with Crippen molar-refractivity contribution in [2.45, 2.75) is 13.3 Å². The van der Waals surface area contributed by atoms with E-state index in [4.69, 9.17) is 0 Å². The molecule has 4 nitrogen and oxygen atoms in total. The topological polar surface area (TPSA) is 57.8 Å². The van der Waals surface area contributed by atoms with Crippen LogP contribution < -0.4 is 5.49 Å². The van der Waals surface area contributed by atoms with Gasteiger partial charge in [-0.2, -0.15) is 4.73 Å². The lowest BCUT2D eigenvalue weighted by atomic mass is 10.4. The molecule has 0 aliphatic rings. The van der Waals surface area contributed by atoms with Gasteiger partial charge in [-0.3, -0.25) is 4.99 Å². The lowest BCUT2D eigenvalue weighted by molar-refractivity contribution is 0.167. The summed E-state index contributed by atoms with van der Waals surface area (Å²) in [4.78, 5) is 3.99. The Morgan fingerprint density at radius 1 is 1.58 bits per heavy atom. The van der Waals surface area contributed by atoms with E-state index in [0.29, 0.717) is 6.54 Å². The molecule has 2 N–H and O–H groups in total. The molecule has 0 aromatic carbocycles. The Kier molecular flexibility index (Phi) is 2.74. The largest absolute Gasteiger partial charge is 0.504 e. The molecule has 1 heterocycles. The number of hydrogen-bond donors (Lipinski definition) is 2. The maximum absolute atomic E-state index is 9.24. The van der Waals surface area contributed by atoms with Crippen LogP contribution in [0, 0.1) is 0 Å². The molecular formula is C8H12N2O2. The van der Waals surface area contributed by atoms with Gasteiger partial charge in [-0.1, -0.05) is 6.92 Å². The van der Waals surface area contributed by atoms with Crippen molar-refractivity contribution in [3.63, 3.8) is 0 Å². The number of aromatic hydroxyl groups is 1. The second-order valence-corrected chi connectivity index (χ2v) is 2.44. The molecule has 66 valence electrons. The first kappa shape index (κ1) is 8.64. The Morgan fingerprint density at radius 3 is 2.92 bits per heavy atom. The highest BCUT2D eigenvalue weighted by molar-refractivity contribution is 5.13. The van der Waals surface area contributed by atoms with Crippen LogP contribution in [0.25, 0.3) is 0 Å². The maximum atomic E-state index is 9.24. The zero-order valence-electron chi connectivity index (χ0n) is 6.94. The lowest BCUT2D eigenvalue weighted by Gasteiger charge is -1.98. The van der Waals surface area contributed by atoms with Gasteiger partial charge < -0.3 is 10.3 Å². The highest BCUT2D eigenvalue weighted by Crippen LogP contribution is 1.96. The summed E-state index contributed by atoms with van der Waals surface area (Å²) in [6.45, 7) is 2.57. The van der Waals surface area contributed by atoms with Crippen LogP contribution in [-0.2, 0) is 0 Å². The van der Waals surface area contributed by atoms with E-state index in [1.165, 1.54) is 12.3 Å². The Bertz CT molecular complexity index is 294.